The number of nitrogens with two attached hydrogens (primary N) is 1. The van der Waals surface area contributed by atoms with Gasteiger partial charge in [-0.2, -0.15) is 0 Å². The largest absolute Gasteiger partial charge is 0.334 e. The SMILES string of the molecule is Cl.NCC1CCCCN1C(=O)c1cccc(Cl)c1Cl. The maximum absolute atomic E-state index is 12.5. The molecule has 2 N–H and O–H groups in total. The summed E-state index contributed by atoms with van der Waals surface area (Å²) in [6.07, 6.45) is 3.09. The molecule has 1 aromatic carbocycles. The maximum atomic E-state index is 12.5. The third-order valence-electron chi connectivity index (χ3n) is 3.34. The molecule has 1 amide bonds. The highest BCUT2D eigenvalue weighted by Gasteiger charge is 2.27. The van der Waals surface area contributed by atoms with Crippen molar-refractivity contribution in [2.45, 2.75) is 25.3 Å². The Morgan fingerprint density at radius 2 is 2.11 bits per heavy atom. The first kappa shape index (κ1) is 16.6. The van der Waals surface area contributed by atoms with Crippen molar-refractivity contribution in [3.05, 3.63) is 33.8 Å². The van der Waals surface area contributed by atoms with E-state index < -0.39 is 0 Å². The van der Waals surface area contributed by atoms with E-state index >= 15 is 0 Å². The van der Waals surface area contributed by atoms with Gasteiger partial charge in [-0.15, -0.1) is 12.4 Å². The molecular weight excluding hydrogens is 307 g/mol. The Kier molecular flexibility index (Phi) is 6.40. The molecule has 1 atom stereocenters. The Morgan fingerprint density at radius 3 is 2.79 bits per heavy atom. The number of piperidine rings is 1. The summed E-state index contributed by atoms with van der Waals surface area (Å²) in [5, 5.41) is 0.731. The van der Waals surface area contributed by atoms with E-state index in [4.69, 9.17) is 28.9 Å². The van der Waals surface area contributed by atoms with Crippen molar-refractivity contribution in [2.75, 3.05) is 13.1 Å². The Labute approximate surface area is 129 Å². The van der Waals surface area contributed by atoms with Gasteiger partial charge in [-0.25, -0.2) is 0 Å². The summed E-state index contributed by atoms with van der Waals surface area (Å²) in [4.78, 5) is 14.3. The van der Waals surface area contributed by atoms with Crippen molar-refractivity contribution in [1.82, 2.24) is 4.90 Å². The Morgan fingerprint density at radius 1 is 1.37 bits per heavy atom. The normalized spacial score (nSPS) is 18.9. The minimum absolute atomic E-state index is 0. The van der Waals surface area contributed by atoms with Gasteiger partial charge in [0.2, 0.25) is 0 Å². The summed E-state index contributed by atoms with van der Waals surface area (Å²) < 4.78 is 0. The number of hydrogen-bond donors (Lipinski definition) is 1. The number of likely N-dealkylation sites (tertiary alicyclic amines) is 1. The monoisotopic (exact) mass is 322 g/mol. The number of amides is 1. The fraction of sp³-hybridized carbons (Fsp3) is 0.462. The van der Waals surface area contributed by atoms with Crippen molar-refractivity contribution in [1.29, 1.82) is 0 Å². The number of hydrogen-bond acceptors (Lipinski definition) is 2. The molecule has 1 aromatic rings. The second kappa shape index (κ2) is 7.34. The van der Waals surface area contributed by atoms with Gasteiger partial charge in [0.1, 0.15) is 0 Å². The van der Waals surface area contributed by atoms with Crippen LogP contribution in [0.4, 0.5) is 0 Å². The van der Waals surface area contributed by atoms with Gasteiger partial charge < -0.3 is 10.6 Å². The van der Waals surface area contributed by atoms with Gasteiger partial charge in [-0.1, -0.05) is 29.3 Å². The van der Waals surface area contributed by atoms with E-state index in [0.717, 1.165) is 25.8 Å². The van der Waals surface area contributed by atoms with Crippen LogP contribution in [0.15, 0.2) is 18.2 Å². The molecule has 3 nitrogen and oxygen atoms in total. The Hall–Kier alpha value is -0.480. The molecule has 0 spiro atoms. The Bertz CT molecular complexity index is 454. The van der Waals surface area contributed by atoms with Crippen molar-refractivity contribution >= 4 is 41.5 Å². The van der Waals surface area contributed by atoms with Crippen LogP contribution in [-0.2, 0) is 0 Å². The lowest BCUT2D eigenvalue weighted by Gasteiger charge is -2.35. The molecule has 1 fully saturated rings. The zero-order valence-corrected chi connectivity index (χ0v) is 12.8. The summed E-state index contributed by atoms with van der Waals surface area (Å²) in [6, 6.07) is 5.24. The molecular formula is C13H17Cl3N2O. The predicted octanol–water partition coefficient (Wildman–Crippen LogP) is 3.37. The first-order valence-corrected chi connectivity index (χ1v) is 6.85. The number of benzene rings is 1. The van der Waals surface area contributed by atoms with Crippen molar-refractivity contribution in [3.63, 3.8) is 0 Å². The predicted molar refractivity (Wildman–Crippen MR) is 81.4 cm³/mol. The summed E-state index contributed by atoms with van der Waals surface area (Å²) in [6.45, 7) is 1.23. The van der Waals surface area contributed by atoms with E-state index in [-0.39, 0.29) is 24.4 Å². The molecule has 0 radical (unpaired) electrons. The molecule has 1 saturated heterocycles. The van der Waals surface area contributed by atoms with Gasteiger partial charge in [-0.05, 0) is 31.4 Å². The number of halogens is 3. The van der Waals surface area contributed by atoms with Crippen molar-refractivity contribution in [2.24, 2.45) is 5.73 Å². The Balaban J connectivity index is 0.00000180. The molecule has 0 aliphatic carbocycles. The van der Waals surface area contributed by atoms with E-state index in [1.54, 1.807) is 18.2 Å². The molecule has 19 heavy (non-hydrogen) atoms. The number of carbonyl (C=O) groups excluding carboxylic acids is 1. The van der Waals surface area contributed by atoms with Crippen LogP contribution < -0.4 is 5.73 Å². The first-order valence-electron chi connectivity index (χ1n) is 6.10. The van der Waals surface area contributed by atoms with E-state index in [2.05, 4.69) is 0 Å². The highest BCUT2D eigenvalue weighted by molar-refractivity contribution is 6.43. The molecule has 1 aliphatic heterocycles. The van der Waals surface area contributed by atoms with E-state index in [1.807, 2.05) is 4.90 Å². The van der Waals surface area contributed by atoms with E-state index in [1.165, 1.54) is 0 Å². The summed E-state index contributed by atoms with van der Waals surface area (Å²) in [5.41, 5.74) is 6.19. The zero-order chi connectivity index (χ0) is 13.1. The highest BCUT2D eigenvalue weighted by Crippen LogP contribution is 2.28. The number of rotatable bonds is 2. The molecule has 6 heteroatoms. The average Bonchev–Trinajstić information content (AvgIpc) is 2.41. The van der Waals surface area contributed by atoms with Crippen LogP contribution in [0.25, 0.3) is 0 Å². The third kappa shape index (κ3) is 3.54. The second-order valence-corrected chi connectivity index (χ2v) is 5.27. The standard InChI is InChI=1S/C13H16Cl2N2O.ClH/c14-11-6-3-5-10(12(11)15)13(18)17-7-2-1-4-9(17)8-16;/h3,5-6,9H,1-2,4,7-8,16H2;1H. The van der Waals surface area contributed by atoms with Gasteiger partial charge in [0.25, 0.3) is 5.91 Å². The maximum Gasteiger partial charge on any atom is 0.255 e. The summed E-state index contributed by atoms with van der Waals surface area (Å²) in [5.74, 6) is -0.0716. The molecule has 1 heterocycles. The zero-order valence-electron chi connectivity index (χ0n) is 10.4. The van der Waals surface area contributed by atoms with Gasteiger partial charge in [0, 0.05) is 19.1 Å². The summed E-state index contributed by atoms with van der Waals surface area (Å²) in [7, 11) is 0. The molecule has 2 rings (SSSR count). The molecule has 0 saturated carbocycles. The fourth-order valence-electron chi connectivity index (χ4n) is 2.34. The van der Waals surface area contributed by atoms with Gasteiger partial charge in [0.15, 0.2) is 0 Å². The van der Waals surface area contributed by atoms with Crippen molar-refractivity contribution < 1.29 is 4.79 Å². The van der Waals surface area contributed by atoms with Crippen molar-refractivity contribution in [3.8, 4) is 0 Å². The number of carbonyl (C=O) groups is 1. The van der Waals surface area contributed by atoms with E-state index in [9.17, 15) is 4.79 Å². The quantitative estimate of drug-likeness (QED) is 0.907. The average molecular weight is 324 g/mol. The topological polar surface area (TPSA) is 46.3 Å². The van der Waals surface area contributed by atoms with Crippen LogP contribution in [0, 0.1) is 0 Å². The van der Waals surface area contributed by atoms with Gasteiger partial charge in [-0.3, -0.25) is 4.79 Å². The van der Waals surface area contributed by atoms with Crippen LogP contribution in [0.2, 0.25) is 10.0 Å². The van der Waals surface area contributed by atoms with Crippen LogP contribution in [-0.4, -0.2) is 29.9 Å². The minimum atomic E-state index is -0.0716. The summed E-state index contributed by atoms with van der Waals surface area (Å²) >= 11 is 12.0. The number of nitrogens with zero attached hydrogens (tertiary/aromatic N) is 1. The molecule has 1 aliphatic rings. The van der Waals surface area contributed by atoms with Gasteiger partial charge >= 0.3 is 0 Å². The smallest absolute Gasteiger partial charge is 0.255 e. The highest BCUT2D eigenvalue weighted by atomic mass is 35.5. The molecule has 0 bridgehead atoms. The minimum Gasteiger partial charge on any atom is -0.334 e. The lowest BCUT2D eigenvalue weighted by Crippen LogP contribution is -2.47. The lowest BCUT2D eigenvalue weighted by atomic mass is 10.0. The second-order valence-electron chi connectivity index (χ2n) is 4.49. The lowest BCUT2D eigenvalue weighted by molar-refractivity contribution is 0.0623. The van der Waals surface area contributed by atoms with Crippen LogP contribution in [0.3, 0.4) is 0 Å². The van der Waals surface area contributed by atoms with Crippen LogP contribution in [0.5, 0.6) is 0 Å². The first-order chi connectivity index (χ1) is 8.65. The van der Waals surface area contributed by atoms with E-state index in [0.29, 0.717) is 22.2 Å². The molecule has 106 valence electrons. The molecule has 0 aromatic heterocycles. The third-order valence-corrected chi connectivity index (χ3v) is 4.16. The van der Waals surface area contributed by atoms with Crippen LogP contribution >= 0.6 is 35.6 Å². The fourth-order valence-corrected chi connectivity index (χ4v) is 2.72. The van der Waals surface area contributed by atoms with Gasteiger partial charge in [0.05, 0.1) is 15.6 Å². The van der Waals surface area contributed by atoms with Crippen LogP contribution in [0.1, 0.15) is 29.6 Å². The molecule has 1 unspecified atom stereocenters.